The fourth-order valence-electron chi connectivity index (χ4n) is 5.24. The summed E-state index contributed by atoms with van der Waals surface area (Å²) >= 11 is 1.01. The minimum atomic E-state index is -4.86. The van der Waals surface area contributed by atoms with Gasteiger partial charge in [-0.3, -0.25) is 9.59 Å². The van der Waals surface area contributed by atoms with E-state index in [9.17, 15) is 31.2 Å². The number of halogens is 3. The number of nitrogens with one attached hydrogen (secondary N) is 1. The van der Waals surface area contributed by atoms with E-state index in [4.69, 9.17) is 4.74 Å². The number of anilines is 2. The van der Waals surface area contributed by atoms with Crippen LogP contribution in [-0.2, 0) is 25.7 Å². The molecule has 3 heterocycles. The molecule has 39 heavy (non-hydrogen) atoms. The third-order valence-corrected chi connectivity index (χ3v) is 10.3. The molecule has 3 aromatic rings. The highest BCUT2D eigenvalue weighted by Gasteiger charge is 2.42. The molecular formula is C26H26F3N3O5S2. The molecule has 2 amide bonds. The normalized spacial score (nSPS) is 18.2. The third kappa shape index (κ3) is 4.92. The van der Waals surface area contributed by atoms with Gasteiger partial charge in [-0.1, -0.05) is 24.6 Å². The number of methoxy groups -OCH3 is 1. The van der Waals surface area contributed by atoms with Gasteiger partial charge >= 0.3 is 6.18 Å². The van der Waals surface area contributed by atoms with Crippen molar-refractivity contribution in [1.29, 1.82) is 0 Å². The van der Waals surface area contributed by atoms with Gasteiger partial charge in [-0.15, -0.1) is 11.3 Å². The molecule has 1 unspecified atom stereocenters. The van der Waals surface area contributed by atoms with Crippen LogP contribution in [0.2, 0.25) is 0 Å². The Morgan fingerprint density at radius 1 is 1.21 bits per heavy atom. The Morgan fingerprint density at radius 3 is 2.69 bits per heavy atom. The molecule has 0 aliphatic carbocycles. The van der Waals surface area contributed by atoms with Gasteiger partial charge in [-0.2, -0.15) is 17.5 Å². The van der Waals surface area contributed by atoms with Crippen molar-refractivity contribution in [3.63, 3.8) is 0 Å². The van der Waals surface area contributed by atoms with E-state index in [1.165, 1.54) is 30.2 Å². The summed E-state index contributed by atoms with van der Waals surface area (Å²) in [5.41, 5.74) is -1.24. The fraction of sp³-hybridized carbons (Fsp3) is 0.385. The number of amides is 2. The predicted octanol–water partition coefficient (Wildman–Crippen LogP) is 5.10. The largest absolute Gasteiger partial charge is 0.418 e. The van der Waals surface area contributed by atoms with Crippen LogP contribution < -0.4 is 10.2 Å². The number of hydrogen-bond donors (Lipinski definition) is 1. The minimum Gasteiger partial charge on any atom is -0.385 e. The van der Waals surface area contributed by atoms with Crippen LogP contribution in [0.5, 0.6) is 0 Å². The quantitative estimate of drug-likeness (QED) is 0.374. The van der Waals surface area contributed by atoms with E-state index in [0.29, 0.717) is 31.3 Å². The molecule has 1 fully saturated rings. The molecule has 1 atom stereocenters. The first-order valence-corrected chi connectivity index (χ1v) is 14.7. The Morgan fingerprint density at radius 2 is 2.00 bits per heavy atom. The summed E-state index contributed by atoms with van der Waals surface area (Å²) in [7, 11) is -2.51. The standard InChI is InChI=1S/C26H26F3N3O5S2/c1-37-13-6-11-31-20-15-18(26(27,28)29)23(16-7-4-8-17(22(16)20)25(31)34)30-24(33)19-9-2-3-12-32(19)39(35,36)21-10-5-14-38-21/h4-5,7-8,10,14-15,19H,2-3,6,9,11-13H2,1H3,(H,30,33). The zero-order valence-electron chi connectivity index (χ0n) is 21.0. The molecule has 0 bridgehead atoms. The van der Waals surface area contributed by atoms with E-state index in [1.54, 1.807) is 17.5 Å². The van der Waals surface area contributed by atoms with Crippen LogP contribution in [0.3, 0.4) is 0 Å². The van der Waals surface area contributed by atoms with Crippen molar-refractivity contribution in [2.24, 2.45) is 0 Å². The van der Waals surface area contributed by atoms with Gasteiger partial charge in [0, 0.05) is 43.1 Å². The Bertz CT molecular complexity index is 1520. The zero-order chi connectivity index (χ0) is 27.9. The van der Waals surface area contributed by atoms with Crippen LogP contribution in [0, 0.1) is 0 Å². The van der Waals surface area contributed by atoms with Crippen LogP contribution in [0.4, 0.5) is 24.5 Å². The number of sulfonamides is 1. The Labute approximate surface area is 227 Å². The van der Waals surface area contributed by atoms with Gasteiger partial charge in [0.05, 0.1) is 16.9 Å². The Kier molecular flexibility index (Phi) is 7.44. The summed E-state index contributed by atoms with van der Waals surface area (Å²) in [4.78, 5) is 28.0. The fourth-order valence-corrected chi connectivity index (χ4v) is 8.02. The third-order valence-electron chi connectivity index (χ3n) is 7.00. The Balaban J connectivity index is 1.57. The summed E-state index contributed by atoms with van der Waals surface area (Å²) < 4.78 is 75.9. The van der Waals surface area contributed by atoms with Gasteiger partial charge in [0.2, 0.25) is 5.91 Å². The van der Waals surface area contributed by atoms with E-state index >= 15 is 0 Å². The number of hydrogen-bond acceptors (Lipinski definition) is 6. The highest BCUT2D eigenvalue weighted by atomic mass is 32.2. The van der Waals surface area contributed by atoms with E-state index in [0.717, 1.165) is 21.7 Å². The molecule has 2 aliphatic heterocycles. The maximum atomic E-state index is 14.4. The van der Waals surface area contributed by atoms with Gasteiger partial charge in [0.15, 0.2) is 0 Å². The number of ether oxygens (including phenoxy) is 1. The number of nitrogens with zero attached hydrogens (tertiary/aromatic N) is 2. The number of rotatable bonds is 8. The van der Waals surface area contributed by atoms with Crippen molar-refractivity contribution in [3.8, 4) is 0 Å². The SMILES string of the molecule is COCCCN1C(=O)c2cccc3c(NC(=O)C4CCCCN4S(=O)(=O)c4cccs4)c(C(F)(F)F)cc1c23. The average molecular weight is 582 g/mol. The summed E-state index contributed by atoms with van der Waals surface area (Å²) in [5, 5.41) is 4.42. The number of benzene rings is 2. The lowest BCUT2D eigenvalue weighted by Gasteiger charge is -2.33. The Hall–Kier alpha value is -3.00. The van der Waals surface area contributed by atoms with Crippen molar-refractivity contribution in [3.05, 3.63) is 52.9 Å². The molecule has 8 nitrogen and oxygen atoms in total. The van der Waals surface area contributed by atoms with Gasteiger partial charge in [0.25, 0.3) is 15.9 Å². The second-order valence-corrected chi connectivity index (χ2v) is 12.5. The molecule has 1 aromatic heterocycles. The van der Waals surface area contributed by atoms with E-state index < -0.39 is 45.3 Å². The summed E-state index contributed by atoms with van der Waals surface area (Å²) in [5.74, 6) is -1.27. The molecule has 0 spiro atoms. The number of carbonyl (C=O) groups excluding carboxylic acids is 2. The van der Waals surface area contributed by atoms with Gasteiger partial charge < -0.3 is 15.0 Å². The van der Waals surface area contributed by atoms with E-state index in [1.807, 2.05) is 0 Å². The van der Waals surface area contributed by atoms with Crippen LogP contribution in [-0.4, -0.2) is 57.4 Å². The zero-order valence-corrected chi connectivity index (χ0v) is 22.6. The highest BCUT2D eigenvalue weighted by molar-refractivity contribution is 7.91. The van der Waals surface area contributed by atoms with E-state index in [-0.39, 0.29) is 40.4 Å². The molecule has 5 rings (SSSR count). The molecule has 208 valence electrons. The number of piperidine rings is 1. The molecule has 2 aliphatic rings. The number of carbonyl (C=O) groups is 2. The van der Waals surface area contributed by atoms with Crippen LogP contribution >= 0.6 is 11.3 Å². The lowest BCUT2D eigenvalue weighted by Crippen LogP contribution is -2.49. The van der Waals surface area contributed by atoms with Crippen LogP contribution in [0.15, 0.2) is 46.0 Å². The highest BCUT2D eigenvalue weighted by Crippen LogP contribution is 2.47. The molecule has 13 heteroatoms. The molecule has 0 saturated carbocycles. The second-order valence-electron chi connectivity index (χ2n) is 9.40. The van der Waals surface area contributed by atoms with Crippen molar-refractivity contribution >= 4 is 55.3 Å². The summed E-state index contributed by atoms with van der Waals surface area (Å²) in [6, 6.07) is 7.17. The second kappa shape index (κ2) is 10.5. The summed E-state index contributed by atoms with van der Waals surface area (Å²) in [6.07, 6.45) is -3.18. The molecule has 2 aromatic carbocycles. The van der Waals surface area contributed by atoms with Crippen LogP contribution in [0.1, 0.15) is 41.6 Å². The smallest absolute Gasteiger partial charge is 0.385 e. The first kappa shape index (κ1) is 27.6. The number of thiophene rings is 1. The lowest BCUT2D eigenvalue weighted by atomic mass is 9.98. The summed E-state index contributed by atoms with van der Waals surface area (Å²) in [6.45, 7) is 0.575. The predicted molar refractivity (Wildman–Crippen MR) is 142 cm³/mol. The maximum absolute atomic E-state index is 14.4. The molecule has 0 radical (unpaired) electrons. The van der Waals surface area contributed by atoms with Crippen molar-refractivity contribution in [2.75, 3.05) is 37.0 Å². The molecular weight excluding hydrogens is 555 g/mol. The van der Waals surface area contributed by atoms with Gasteiger partial charge in [-0.25, -0.2) is 8.42 Å². The molecule has 1 N–H and O–H groups in total. The van der Waals surface area contributed by atoms with E-state index in [2.05, 4.69) is 5.32 Å². The van der Waals surface area contributed by atoms with Crippen LogP contribution in [0.25, 0.3) is 10.8 Å². The minimum absolute atomic E-state index is 0.0654. The van der Waals surface area contributed by atoms with Gasteiger partial charge in [0.1, 0.15) is 10.3 Å². The average Bonchev–Trinajstić information content (AvgIpc) is 3.54. The van der Waals surface area contributed by atoms with Crippen molar-refractivity contribution < 1.29 is 35.9 Å². The topological polar surface area (TPSA) is 96.0 Å². The molecule has 1 saturated heterocycles. The first-order chi connectivity index (χ1) is 18.6. The number of alkyl halides is 3. The first-order valence-electron chi connectivity index (χ1n) is 12.4. The van der Waals surface area contributed by atoms with Gasteiger partial charge in [-0.05, 0) is 42.8 Å². The maximum Gasteiger partial charge on any atom is 0.418 e. The lowest BCUT2D eigenvalue weighted by molar-refractivity contribution is -0.136. The van der Waals surface area contributed by atoms with Crippen molar-refractivity contribution in [2.45, 2.75) is 42.1 Å². The van der Waals surface area contributed by atoms with Crippen molar-refractivity contribution in [1.82, 2.24) is 4.31 Å². The monoisotopic (exact) mass is 581 g/mol.